The van der Waals surface area contributed by atoms with Gasteiger partial charge in [0.15, 0.2) is 0 Å². The lowest BCUT2D eigenvalue weighted by Gasteiger charge is -2.22. The van der Waals surface area contributed by atoms with Crippen LogP contribution in [-0.2, 0) is 4.79 Å². The van der Waals surface area contributed by atoms with Crippen LogP contribution in [0.15, 0.2) is 46.7 Å². The summed E-state index contributed by atoms with van der Waals surface area (Å²) >= 11 is 3.42. The number of dihydropyridines is 1. The topological polar surface area (TPSA) is 70.2 Å². The molecule has 1 aliphatic heterocycles. The molecular formula is C15H16BrN3O2. The van der Waals surface area contributed by atoms with E-state index in [1.165, 1.54) is 6.92 Å². The maximum absolute atomic E-state index is 12.3. The van der Waals surface area contributed by atoms with Crippen LogP contribution >= 0.6 is 15.9 Å². The zero-order valence-corrected chi connectivity index (χ0v) is 13.3. The predicted octanol–water partition coefficient (Wildman–Crippen LogP) is 2.49. The zero-order chi connectivity index (χ0) is 15.4. The Bertz CT molecular complexity index is 638. The van der Waals surface area contributed by atoms with E-state index >= 15 is 0 Å². The van der Waals surface area contributed by atoms with Gasteiger partial charge in [0.25, 0.3) is 5.91 Å². The van der Waals surface area contributed by atoms with Gasteiger partial charge in [-0.1, -0.05) is 28.1 Å². The third-order valence-corrected chi connectivity index (χ3v) is 3.88. The molecule has 1 aromatic rings. The van der Waals surface area contributed by atoms with E-state index in [-0.39, 0.29) is 17.9 Å². The number of amides is 2. The van der Waals surface area contributed by atoms with Crippen molar-refractivity contribution in [2.75, 3.05) is 5.32 Å². The fourth-order valence-electron chi connectivity index (χ4n) is 1.90. The molecule has 0 bridgehead atoms. The van der Waals surface area contributed by atoms with Gasteiger partial charge in [-0.15, -0.1) is 0 Å². The van der Waals surface area contributed by atoms with Crippen LogP contribution in [0.3, 0.4) is 0 Å². The quantitative estimate of drug-likeness (QED) is 0.785. The van der Waals surface area contributed by atoms with Crippen molar-refractivity contribution < 1.29 is 9.59 Å². The fraction of sp³-hybridized carbons (Fsp3) is 0.200. The molecule has 110 valence electrons. The molecule has 0 radical (unpaired) electrons. The first kappa shape index (κ1) is 15.3. The lowest BCUT2D eigenvalue weighted by Crippen LogP contribution is -2.38. The van der Waals surface area contributed by atoms with Crippen LogP contribution in [0.5, 0.6) is 0 Å². The summed E-state index contributed by atoms with van der Waals surface area (Å²) in [6, 6.07) is 6.97. The Morgan fingerprint density at radius 2 is 1.90 bits per heavy atom. The number of rotatable bonds is 3. The molecule has 2 amide bonds. The van der Waals surface area contributed by atoms with Crippen molar-refractivity contribution in [3.8, 4) is 0 Å². The van der Waals surface area contributed by atoms with Gasteiger partial charge in [0, 0.05) is 11.4 Å². The number of para-hydroxylation sites is 1. The van der Waals surface area contributed by atoms with Crippen molar-refractivity contribution in [3.05, 3.63) is 52.3 Å². The summed E-state index contributed by atoms with van der Waals surface area (Å²) in [5, 5.41) is 8.60. The number of carbonyl (C=O) groups excluding carboxylic acids is 2. The van der Waals surface area contributed by atoms with Crippen molar-refractivity contribution in [2.45, 2.75) is 19.9 Å². The molecule has 0 fully saturated rings. The molecular weight excluding hydrogens is 334 g/mol. The number of benzene rings is 1. The van der Waals surface area contributed by atoms with Crippen LogP contribution in [0.1, 0.15) is 24.2 Å². The number of allylic oxidation sites excluding steroid dienone is 2. The van der Waals surface area contributed by atoms with Gasteiger partial charge in [-0.05, 0) is 31.2 Å². The Morgan fingerprint density at radius 3 is 2.57 bits per heavy atom. The van der Waals surface area contributed by atoms with Gasteiger partial charge in [-0.25, -0.2) is 0 Å². The van der Waals surface area contributed by atoms with Crippen LogP contribution < -0.4 is 16.0 Å². The average molecular weight is 350 g/mol. The van der Waals surface area contributed by atoms with Crippen molar-refractivity contribution in [1.29, 1.82) is 0 Å². The van der Waals surface area contributed by atoms with Crippen molar-refractivity contribution in [3.63, 3.8) is 0 Å². The van der Waals surface area contributed by atoms with E-state index in [2.05, 4.69) is 31.9 Å². The molecule has 0 spiro atoms. The number of carbonyl (C=O) groups is 2. The summed E-state index contributed by atoms with van der Waals surface area (Å²) in [7, 11) is 0. The summed E-state index contributed by atoms with van der Waals surface area (Å²) in [5.74, 6) is 0.121. The van der Waals surface area contributed by atoms with E-state index in [1.54, 1.807) is 30.3 Å². The predicted molar refractivity (Wildman–Crippen MR) is 85.9 cm³/mol. The minimum absolute atomic E-state index is 0.0934. The van der Waals surface area contributed by atoms with E-state index < -0.39 is 0 Å². The number of hydrogen-bond acceptors (Lipinski definition) is 3. The normalized spacial score (nSPS) is 17.2. The fourth-order valence-corrected chi connectivity index (χ4v) is 2.15. The van der Waals surface area contributed by atoms with Crippen molar-refractivity contribution in [2.24, 2.45) is 0 Å². The first-order chi connectivity index (χ1) is 9.97. The van der Waals surface area contributed by atoms with Crippen LogP contribution in [0, 0.1) is 0 Å². The Balaban J connectivity index is 2.16. The second-order valence-electron chi connectivity index (χ2n) is 4.68. The van der Waals surface area contributed by atoms with Gasteiger partial charge in [0.05, 0.1) is 17.3 Å². The second kappa shape index (κ2) is 6.58. The largest absolute Gasteiger partial charge is 0.365 e. The van der Waals surface area contributed by atoms with E-state index in [9.17, 15) is 9.59 Å². The van der Waals surface area contributed by atoms with Crippen LogP contribution in [0.25, 0.3) is 0 Å². The summed E-state index contributed by atoms with van der Waals surface area (Å²) in [6.45, 7) is 3.38. The molecule has 1 aliphatic rings. The molecule has 0 aliphatic carbocycles. The summed E-state index contributed by atoms with van der Waals surface area (Å²) in [6.07, 6.45) is 3.67. The maximum Gasteiger partial charge on any atom is 0.258 e. The summed E-state index contributed by atoms with van der Waals surface area (Å²) in [4.78, 5) is 23.5. The lowest BCUT2D eigenvalue weighted by molar-refractivity contribution is -0.114. The molecule has 1 aromatic carbocycles. The Labute approximate surface area is 131 Å². The highest BCUT2D eigenvalue weighted by atomic mass is 79.9. The van der Waals surface area contributed by atoms with Crippen molar-refractivity contribution in [1.82, 2.24) is 10.6 Å². The molecule has 21 heavy (non-hydrogen) atoms. The minimum Gasteiger partial charge on any atom is -0.365 e. The third kappa shape index (κ3) is 3.95. The highest BCUT2D eigenvalue weighted by molar-refractivity contribution is 9.11. The molecule has 1 unspecified atom stereocenters. The van der Waals surface area contributed by atoms with Gasteiger partial charge in [0.2, 0.25) is 5.91 Å². The number of nitrogens with one attached hydrogen (secondary N) is 3. The summed E-state index contributed by atoms with van der Waals surface area (Å²) < 4.78 is 1.01. The molecule has 0 saturated carbocycles. The highest BCUT2D eigenvalue weighted by Crippen LogP contribution is 2.18. The highest BCUT2D eigenvalue weighted by Gasteiger charge is 2.16. The van der Waals surface area contributed by atoms with Gasteiger partial charge < -0.3 is 16.0 Å². The van der Waals surface area contributed by atoms with E-state index in [0.29, 0.717) is 17.1 Å². The number of hydrogen-bond donors (Lipinski definition) is 3. The zero-order valence-electron chi connectivity index (χ0n) is 11.7. The first-order valence-electron chi connectivity index (χ1n) is 6.49. The van der Waals surface area contributed by atoms with Gasteiger partial charge in [-0.3, -0.25) is 9.59 Å². The molecule has 2 rings (SSSR count). The molecule has 6 heteroatoms. The summed E-state index contributed by atoms with van der Waals surface area (Å²) in [5.41, 5.74) is 0.903. The monoisotopic (exact) mass is 349 g/mol. The SMILES string of the molecule is CC(=O)Nc1ccccc1C(=O)NC1=CC=C(Br)C(C)N1. The first-order valence-corrected chi connectivity index (χ1v) is 7.28. The van der Waals surface area contributed by atoms with E-state index in [1.807, 2.05) is 13.0 Å². The van der Waals surface area contributed by atoms with Crippen LogP contribution in [-0.4, -0.2) is 17.9 Å². The maximum atomic E-state index is 12.3. The Morgan fingerprint density at radius 1 is 1.19 bits per heavy atom. The molecule has 0 aromatic heterocycles. The van der Waals surface area contributed by atoms with Crippen LogP contribution in [0.2, 0.25) is 0 Å². The number of halogens is 1. The smallest absolute Gasteiger partial charge is 0.258 e. The van der Waals surface area contributed by atoms with Crippen LogP contribution in [0.4, 0.5) is 5.69 Å². The van der Waals surface area contributed by atoms with Gasteiger partial charge in [0.1, 0.15) is 5.82 Å². The molecule has 0 saturated heterocycles. The lowest BCUT2D eigenvalue weighted by atomic mass is 10.1. The minimum atomic E-state index is -0.281. The standard InChI is InChI=1S/C15H16BrN3O2/c1-9-12(16)7-8-14(17-9)19-15(21)11-5-3-4-6-13(11)18-10(2)20/h3-9,17H,1-2H3,(H,18,20)(H,19,21). The third-order valence-electron chi connectivity index (χ3n) is 2.93. The molecule has 3 N–H and O–H groups in total. The molecule has 1 heterocycles. The Hall–Kier alpha value is -2.08. The van der Waals surface area contributed by atoms with Gasteiger partial charge >= 0.3 is 0 Å². The van der Waals surface area contributed by atoms with Gasteiger partial charge in [-0.2, -0.15) is 0 Å². The average Bonchev–Trinajstić information content (AvgIpc) is 2.43. The number of anilines is 1. The van der Waals surface area contributed by atoms with E-state index in [4.69, 9.17) is 0 Å². The second-order valence-corrected chi connectivity index (χ2v) is 5.59. The van der Waals surface area contributed by atoms with E-state index in [0.717, 1.165) is 4.48 Å². The molecule has 1 atom stereocenters. The van der Waals surface area contributed by atoms with Crippen molar-refractivity contribution >= 4 is 33.4 Å². The molecule has 5 nitrogen and oxygen atoms in total. The Kier molecular flexibility index (Phi) is 4.80.